The number of hydrogen-bond acceptors (Lipinski definition) is 4. The lowest BCUT2D eigenvalue weighted by molar-refractivity contribution is -0.138. The molecule has 2 amide bonds. The van der Waals surface area contributed by atoms with Crippen LogP contribution in [0.25, 0.3) is 0 Å². The molecule has 2 aromatic heterocycles. The van der Waals surface area contributed by atoms with E-state index in [0.29, 0.717) is 43.0 Å². The summed E-state index contributed by atoms with van der Waals surface area (Å²) < 4.78 is 72.0. The Labute approximate surface area is 228 Å². The maximum Gasteiger partial charge on any atom is 0.418 e. The van der Waals surface area contributed by atoms with Crippen molar-refractivity contribution in [2.45, 2.75) is 64.2 Å². The summed E-state index contributed by atoms with van der Waals surface area (Å²) in [4.78, 5) is 22.6. The average molecular weight is 561 g/mol. The van der Waals surface area contributed by atoms with Crippen LogP contribution in [-0.4, -0.2) is 44.8 Å². The van der Waals surface area contributed by atoms with Crippen LogP contribution in [0.3, 0.4) is 0 Å². The number of pyridine rings is 1. The van der Waals surface area contributed by atoms with E-state index in [0.717, 1.165) is 24.5 Å². The molecule has 40 heavy (non-hydrogen) atoms. The lowest BCUT2D eigenvalue weighted by atomic mass is 10.00. The standard InChI is InChI=1S/C28H29F5N6O/c1-17-4-2-6-21(29)25(17)36-12-9-19(10-13-36)37-15-23-24(16-39(35-23)26(30)18-7-8-18)38(27(37)40)14-22-20(28(31,32)33)5-3-11-34-22/h2-6,11,16,18-19,26H,7-10,12-15H2,1H3. The van der Waals surface area contributed by atoms with Crippen LogP contribution >= 0.6 is 0 Å². The zero-order chi connectivity index (χ0) is 28.2. The third-order valence-corrected chi connectivity index (χ3v) is 8.05. The van der Waals surface area contributed by atoms with E-state index in [-0.39, 0.29) is 30.0 Å². The van der Waals surface area contributed by atoms with E-state index in [2.05, 4.69) is 10.1 Å². The highest BCUT2D eigenvalue weighted by atomic mass is 19.4. The SMILES string of the molecule is Cc1cccc(F)c1N1CCC(N2Cc3nn(C(F)C4CC4)cc3N(Cc3ncccc3C(F)(F)F)C2=O)CC1. The van der Waals surface area contributed by atoms with E-state index in [1.54, 1.807) is 11.0 Å². The fourth-order valence-electron chi connectivity index (χ4n) is 5.79. The summed E-state index contributed by atoms with van der Waals surface area (Å²) in [6.45, 7) is 2.54. The number of nitrogens with zero attached hydrogens (tertiary/aromatic N) is 6. The number of hydrogen-bond donors (Lipinski definition) is 0. The number of urea groups is 1. The molecule has 1 saturated carbocycles. The van der Waals surface area contributed by atoms with E-state index in [1.165, 1.54) is 34.1 Å². The minimum Gasteiger partial charge on any atom is -0.369 e. The number of benzene rings is 1. The first-order valence-corrected chi connectivity index (χ1v) is 13.4. The van der Waals surface area contributed by atoms with E-state index in [1.807, 2.05) is 17.9 Å². The molecule has 4 heterocycles. The number of halogens is 5. The van der Waals surface area contributed by atoms with Crippen molar-refractivity contribution in [3.63, 3.8) is 0 Å². The highest BCUT2D eigenvalue weighted by molar-refractivity contribution is 5.94. The van der Waals surface area contributed by atoms with Gasteiger partial charge in [-0.1, -0.05) is 12.1 Å². The molecule has 0 spiro atoms. The number of anilines is 2. The van der Waals surface area contributed by atoms with Crippen LogP contribution in [0.4, 0.5) is 38.1 Å². The van der Waals surface area contributed by atoms with Gasteiger partial charge in [-0.2, -0.15) is 18.3 Å². The van der Waals surface area contributed by atoms with Gasteiger partial charge in [-0.15, -0.1) is 0 Å². The molecule has 2 fully saturated rings. The van der Waals surface area contributed by atoms with E-state index in [4.69, 9.17) is 0 Å². The average Bonchev–Trinajstić information content (AvgIpc) is 3.68. The van der Waals surface area contributed by atoms with Crippen LogP contribution in [0.5, 0.6) is 0 Å². The Bertz CT molecular complexity index is 1390. The molecule has 7 nitrogen and oxygen atoms in total. The zero-order valence-corrected chi connectivity index (χ0v) is 21.9. The molecule has 1 saturated heterocycles. The lowest BCUT2D eigenvalue weighted by Gasteiger charge is -2.43. The van der Waals surface area contributed by atoms with Gasteiger partial charge >= 0.3 is 12.2 Å². The van der Waals surface area contributed by atoms with Crippen molar-refractivity contribution in [1.29, 1.82) is 0 Å². The van der Waals surface area contributed by atoms with Crippen LogP contribution in [0.15, 0.2) is 42.7 Å². The molecule has 3 aromatic rings. The molecule has 212 valence electrons. The van der Waals surface area contributed by atoms with Crippen LogP contribution in [0, 0.1) is 18.7 Å². The van der Waals surface area contributed by atoms with Gasteiger partial charge in [0.25, 0.3) is 0 Å². The Morgan fingerprint density at radius 3 is 2.50 bits per heavy atom. The van der Waals surface area contributed by atoms with Crippen molar-refractivity contribution < 1.29 is 26.7 Å². The smallest absolute Gasteiger partial charge is 0.369 e. The summed E-state index contributed by atoms with van der Waals surface area (Å²) in [5, 5.41) is 4.44. The number of alkyl halides is 4. The van der Waals surface area contributed by atoms with Crippen molar-refractivity contribution in [3.05, 3.63) is 71.1 Å². The molecule has 0 radical (unpaired) electrons. The minimum absolute atomic E-state index is 0.118. The minimum atomic E-state index is -4.65. The summed E-state index contributed by atoms with van der Waals surface area (Å²) in [5.74, 6) is -0.457. The summed E-state index contributed by atoms with van der Waals surface area (Å²) in [5.41, 5.74) is 0.859. The van der Waals surface area contributed by atoms with Crippen LogP contribution in [-0.2, 0) is 19.3 Å². The number of aromatic nitrogens is 3. The second kappa shape index (κ2) is 10.0. The fourth-order valence-corrected chi connectivity index (χ4v) is 5.79. The number of para-hydroxylation sites is 1. The Morgan fingerprint density at radius 1 is 1.07 bits per heavy atom. The molecule has 1 aliphatic carbocycles. The van der Waals surface area contributed by atoms with Crippen molar-refractivity contribution in [1.82, 2.24) is 19.7 Å². The number of piperidine rings is 1. The molecule has 0 bridgehead atoms. The third kappa shape index (κ3) is 4.88. The second-order valence-corrected chi connectivity index (χ2v) is 10.8. The molecule has 12 heteroatoms. The summed E-state index contributed by atoms with van der Waals surface area (Å²) >= 11 is 0. The van der Waals surface area contributed by atoms with E-state index >= 15 is 0 Å². The van der Waals surface area contributed by atoms with E-state index < -0.39 is 30.6 Å². The second-order valence-electron chi connectivity index (χ2n) is 10.8. The first-order chi connectivity index (χ1) is 19.1. The summed E-state index contributed by atoms with van der Waals surface area (Å²) in [6.07, 6.45) is -0.776. The third-order valence-electron chi connectivity index (χ3n) is 8.05. The molecular formula is C28H29F5N6O. The quantitative estimate of drug-likeness (QED) is 0.335. The maximum absolute atomic E-state index is 15.0. The first-order valence-electron chi connectivity index (χ1n) is 13.4. The van der Waals surface area contributed by atoms with Gasteiger partial charge in [-0.3, -0.25) is 9.88 Å². The molecule has 1 aromatic carbocycles. The number of rotatable bonds is 6. The number of carbonyl (C=O) groups excluding carboxylic acids is 1. The van der Waals surface area contributed by atoms with Gasteiger partial charge in [0, 0.05) is 31.2 Å². The molecule has 6 rings (SSSR count). The number of amides is 2. The Morgan fingerprint density at radius 2 is 1.82 bits per heavy atom. The molecule has 1 unspecified atom stereocenters. The number of fused-ring (bicyclic) bond motifs is 1. The van der Waals surface area contributed by atoms with Gasteiger partial charge in [0.15, 0.2) is 6.30 Å². The molecule has 2 aliphatic heterocycles. The normalized spacial score (nSPS) is 19.2. The van der Waals surface area contributed by atoms with Gasteiger partial charge in [0.2, 0.25) is 0 Å². The molecular weight excluding hydrogens is 531 g/mol. The van der Waals surface area contributed by atoms with Crippen molar-refractivity contribution in [2.75, 3.05) is 22.9 Å². The maximum atomic E-state index is 15.0. The Hall–Kier alpha value is -3.70. The van der Waals surface area contributed by atoms with Crippen LogP contribution in [0.1, 0.15) is 54.5 Å². The van der Waals surface area contributed by atoms with Gasteiger partial charge in [-0.05, 0) is 56.4 Å². The predicted octanol–water partition coefficient (Wildman–Crippen LogP) is 6.23. The fraction of sp³-hybridized carbons (Fsp3) is 0.464. The van der Waals surface area contributed by atoms with Crippen molar-refractivity contribution >= 4 is 17.4 Å². The highest BCUT2D eigenvalue weighted by Crippen LogP contribution is 2.42. The number of carbonyl (C=O) groups is 1. The molecule has 3 aliphatic rings. The van der Waals surface area contributed by atoms with Gasteiger partial charge < -0.3 is 9.80 Å². The molecule has 1 atom stereocenters. The largest absolute Gasteiger partial charge is 0.418 e. The van der Waals surface area contributed by atoms with Gasteiger partial charge in [0.1, 0.15) is 11.5 Å². The summed E-state index contributed by atoms with van der Waals surface area (Å²) in [7, 11) is 0. The van der Waals surface area contributed by atoms with E-state index in [9.17, 15) is 26.7 Å². The zero-order valence-electron chi connectivity index (χ0n) is 21.9. The van der Waals surface area contributed by atoms with Crippen LogP contribution in [0.2, 0.25) is 0 Å². The highest BCUT2D eigenvalue weighted by Gasteiger charge is 2.42. The predicted molar refractivity (Wildman–Crippen MR) is 138 cm³/mol. The lowest BCUT2D eigenvalue weighted by Crippen LogP contribution is -2.54. The Kier molecular flexibility index (Phi) is 6.66. The monoisotopic (exact) mass is 560 g/mol. The Balaban J connectivity index is 1.29. The van der Waals surface area contributed by atoms with Gasteiger partial charge in [0.05, 0.1) is 41.9 Å². The topological polar surface area (TPSA) is 57.5 Å². The van der Waals surface area contributed by atoms with Crippen molar-refractivity contribution in [3.8, 4) is 0 Å². The van der Waals surface area contributed by atoms with Gasteiger partial charge in [-0.25, -0.2) is 18.3 Å². The number of aryl methyl sites for hydroxylation is 1. The van der Waals surface area contributed by atoms with Crippen LogP contribution < -0.4 is 9.80 Å². The van der Waals surface area contributed by atoms with Crippen molar-refractivity contribution in [2.24, 2.45) is 5.92 Å². The summed E-state index contributed by atoms with van der Waals surface area (Å²) in [6, 6.07) is 6.35. The molecule has 0 N–H and O–H groups in total. The first kappa shape index (κ1) is 26.5.